The second kappa shape index (κ2) is 5.31. The van der Waals surface area contributed by atoms with Crippen LogP contribution in [0.2, 0.25) is 0 Å². The Balaban J connectivity index is 1.91. The van der Waals surface area contributed by atoms with Crippen molar-refractivity contribution >= 4 is 5.78 Å². The van der Waals surface area contributed by atoms with E-state index in [-0.39, 0.29) is 0 Å². The Bertz CT molecular complexity index is 137. The molecule has 0 radical (unpaired) electrons. The lowest BCUT2D eigenvalue weighted by Crippen LogP contribution is -2.04. The molecule has 0 N–H and O–H groups in total. The molecule has 1 aliphatic heterocycles. The van der Waals surface area contributed by atoms with Crippen LogP contribution in [0.4, 0.5) is 0 Å². The Kier molecular flexibility index (Phi) is 4.30. The maximum absolute atomic E-state index is 10.6. The van der Waals surface area contributed by atoms with Crippen molar-refractivity contribution in [3.05, 3.63) is 0 Å². The SMILES string of the molecule is CC(=O)CCCCC1CCCO1. The third-order valence-electron chi connectivity index (χ3n) is 2.33. The van der Waals surface area contributed by atoms with E-state index >= 15 is 0 Å². The molecule has 1 atom stereocenters. The third kappa shape index (κ3) is 3.86. The van der Waals surface area contributed by atoms with Crippen molar-refractivity contribution in [2.45, 2.75) is 51.6 Å². The van der Waals surface area contributed by atoms with E-state index < -0.39 is 0 Å². The molecule has 0 saturated carbocycles. The van der Waals surface area contributed by atoms with Crippen LogP contribution in [0.3, 0.4) is 0 Å². The number of Topliss-reactive ketones (excluding diaryl/α,β-unsaturated/α-hetero) is 1. The van der Waals surface area contributed by atoms with Gasteiger partial charge >= 0.3 is 0 Å². The first-order valence-electron chi connectivity index (χ1n) is 4.90. The quantitative estimate of drug-likeness (QED) is 0.592. The molecule has 0 aliphatic carbocycles. The van der Waals surface area contributed by atoms with E-state index in [9.17, 15) is 4.79 Å². The number of carbonyl (C=O) groups excluding carboxylic acids is 1. The lowest BCUT2D eigenvalue weighted by molar-refractivity contribution is -0.117. The van der Waals surface area contributed by atoms with Gasteiger partial charge in [-0.15, -0.1) is 0 Å². The molecule has 12 heavy (non-hydrogen) atoms. The zero-order valence-electron chi connectivity index (χ0n) is 7.84. The molecule has 1 fully saturated rings. The van der Waals surface area contributed by atoms with Crippen LogP contribution in [0.5, 0.6) is 0 Å². The van der Waals surface area contributed by atoms with Crippen LogP contribution in [-0.2, 0) is 9.53 Å². The van der Waals surface area contributed by atoms with E-state index in [0.717, 1.165) is 32.3 Å². The predicted octanol–water partition coefficient (Wildman–Crippen LogP) is 2.31. The third-order valence-corrected chi connectivity index (χ3v) is 2.33. The standard InChI is InChI=1S/C10H18O2/c1-9(11)5-2-3-6-10-7-4-8-12-10/h10H,2-8H2,1H3. The summed E-state index contributed by atoms with van der Waals surface area (Å²) in [4.78, 5) is 10.6. The van der Waals surface area contributed by atoms with Gasteiger partial charge in [-0.1, -0.05) is 6.42 Å². The molecule has 1 heterocycles. The van der Waals surface area contributed by atoms with E-state index in [1.807, 2.05) is 0 Å². The smallest absolute Gasteiger partial charge is 0.129 e. The van der Waals surface area contributed by atoms with Gasteiger partial charge in [-0.3, -0.25) is 0 Å². The number of hydrogen-bond acceptors (Lipinski definition) is 2. The highest BCUT2D eigenvalue weighted by atomic mass is 16.5. The van der Waals surface area contributed by atoms with Gasteiger partial charge < -0.3 is 9.53 Å². The van der Waals surface area contributed by atoms with Crippen molar-refractivity contribution in [1.82, 2.24) is 0 Å². The second-order valence-corrected chi connectivity index (χ2v) is 3.58. The van der Waals surface area contributed by atoms with Gasteiger partial charge in [0.15, 0.2) is 0 Å². The highest BCUT2D eigenvalue weighted by Gasteiger charge is 2.14. The van der Waals surface area contributed by atoms with Gasteiger partial charge in [0.1, 0.15) is 5.78 Å². The number of carbonyl (C=O) groups is 1. The highest BCUT2D eigenvalue weighted by Crippen LogP contribution is 2.17. The number of unbranched alkanes of at least 4 members (excludes halogenated alkanes) is 1. The highest BCUT2D eigenvalue weighted by molar-refractivity contribution is 5.75. The van der Waals surface area contributed by atoms with E-state index in [0.29, 0.717) is 11.9 Å². The van der Waals surface area contributed by atoms with Gasteiger partial charge in [0.05, 0.1) is 6.10 Å². The molecular formula is C10H18O2. The summed E-state index contributed by atoms with van der Waals surface area (Å²) >= 11 is 0. The Labute approximate surface area is 74.3 Å². The minimum absolute atomic E-state index is 0.308. The molecule has 0 amide bonds. The van der Waals surface area contributed by atoms with Crippen LogP contribution < -0.4 is 0 Å². The fourth-order valence-corrected chi connectivity index (χ4v) is 1.62. The van der Waals surface area contributed by atoms with E-state index in [1.54, 1.807) is 6.92 Å². The van der Waals surface area contributed by atoms with Crippen LogP contribution in [0.25, 0.3) is 0 Å². The number of ketones is 1. The molecule has 0 spiro atoms. The molecule has 1 unspecified atom stereocenters. The van der Waals surface area contributed by atoms with E-state index in [4.69, 9.17) is 4.74 Å². The van der Waals surface area contributed by atoms with Gasteiger partial charge in [0.25, 0.3) is 0 Å². The molecule has 0 aromatic rings. The summed E-state index contributed by atoms with van der Waals surface area (Å²) < 4.78 is 5.48. The lowest BCUT2D eigenvalue weighted by Gasteiger charge is -2.07. The molecule has 70 valence electrons. The number of rotatable bonds is 5. The largest absolute Gasteiger partial charge is 0.378 e. The minimum Gasteiger partial charge on any atom is -0.378 e. The Morgan fingerprint density at radius 2 is 2.33 bits per heavy atom. The van der Waals surface area contributed by atoms with Crippen LogP contribution in [-0.4, -0.2) is 18.5 Å². The second-order valence-electron chi connectivity index (χ2n) is 3.58. The topological polar surface area (TPSA) is 26.3 Å². The van der Waals surface area contributed by atoms with Gasteiger partial charge in [-0.05, 0) is 32.6 Å². The summed E-state index contributed by atoms with van der Waals surface area (Å²) in [6.45, 7) is 2.60. The zero-order chi connectivity index (χ0) is 8.81. The van der Waals surface area contributed by atoms with E-state index in [1.165, 1.54) is 12.8 Å². The first kappa shape index (κ1) is 9.72. The van der Waals surface area contributed by atoms with Gasteiger partial charge in [0, 0.05) is 13.0 Å². The molecular weight excluding hydrogens is 152 g/mol. The summed E-state index contributed by atoms with van der Waals surface area (Å²) in [6.07, 6.45) is 7.01. The van der Waals surface area contributed by atoms with Gasteiger partial charge in [-0.2, -0.15) is 0 Å². The fraction of sp³-hybridized carbons (Fsp3) is 0.900. The van der Waals surface area contributed by atoms with Crippen molar-refractivity contribution < 1.29 is 9.53 Å². The Morgan fingerprint density at radius 1 is 1.50 bits per heavy atom. The summed E-state index contributed by atoms with van der Waals surface area (Å²) in [5.74, 6) is 0.308. The number of ether oxygens (including phenoxy) is 1. The molecule has 0 bridgehead atoms. The summed E-state index contributed by atoms with van der Waals surface area (Å²) in [6, 6.07) is 0. The van der Waals surface area contributed by atoms with E-state index in [2.05, 4.69) is 0 Å². The Morgan fingerprint density at radius 3 is 2.92 bits per heavy atom. The molecule has 2 heteroatoms. The van der Waals surface area contributed by atoms with Gasteiger partial charge in [0.2, 0.25) is 0 Å². The average Bonchev–Trinajstić information content (AvgIpc) is 2.49. The molecule has 1 aliphatic rings. The van der Waals surface area contributed by atoms with Crippen LogP contribution in [0.15, 0.2) is 0 Å². The van der Waals surface area contributed by atoms with Crippen molar-refractivity contribution in [2.75, 3.05) is 6.61 Å². The maximum atomic E-state index is 10.6. The first-order valence-corrected chi connectivity index (χ1v) is 4.90. The lowest BCUT2D eigenvalue weighted by atomic mass is 10.1. The first-order chi connectivity index (χ1) is 5.79. The average molecular weight is 170 g/mol. The Hall–Kier alpha value is -0.370. The van der Waals surface area contributed by atoms with Crippen molar-refractivity contribution in [1.29, 1.82) is 0 Å². The molecule has 0 aromatic heterocycles. The van der Waals surface area contributed by atoms with Crippen molar-refractivity contribution in [3.8, 4) is 0 Å². The fourth-order valence-electron chi connectivity index (χ4n) is 1.62. The molecule has 1 saturated heterocycles. The maximum Gasteiger partial charge on any atom is 0.129 e. The summed E-state index contributed by atoms with van der Waals surface area (Å²) in [7, 11) is 0. The monoisotopic (exact) mass is 170 g/mol. The molecule has 1 rings (SSSR count). The van der Waals surface area contributed by atoms with Crippen LogP contribution in [0, 0.1) is 0 Å². The van der Waals surface area contributed by atoms with Crippen molar-refractivity contribution in [3.63, 3.8) is 0 Å². The predicted molar refractivity (Wildman–Crippen MR) is 48.1 cm³/mol. The van der Waals surface area contributed by atoms with Gasteiger partial charge in [-0.25, -0.2) is 0 Å². The molecule has 0 aromatic carbocycles. The van der Waals surface area contributed by atoms with Crippen LogP contribution >= 0.6 is 0 Å². The zero-order valence-corrected chi connectivity index (χ0v) is 7.84. The van der Waals surface area contributed by atoms with Crippen LogP contribution in [0.1, 0.15) is 45.4 Å². The molecule has 2 nitrogen and oxygen atoms in total. The number of hydrogen-bond donors (Lipinski definition) is 0. The summed E-state index contributed by atoms with van der Waals surface area (Å²) in [5.41, 5.74) is 0. The summed E-state index contributed by atoms with van der Waals surface area (Å²) in [5, 5.41) is 0. The van der Waals surface area contributed by atoms with Crippen molar-refractivity contribution in [2.24, 2.45) is 0 Å². The minimum atomic E-state index is 0.308. The normalized spacial score (nSPS) is 22.9.